The fourth-order valence-corrected chi connectivity index (χ4v) is 4.64. The normalized spacial score (nSPS) is 13.5. The predicted molar refractivity (Wildman–Crippen MR) is 114 cm³/mol. The highest BCUT2D eigenvalue weighted by molar-refractivity contribution is 7.19. The molecule has 0 spiro atoms. The van der Waals surface area contributed by atoms with Crippen molar-refractivity contribution >= 4 is 27.5 Å². The zero-order chi connectivity index (χ0) is 22.0. The number of thiophene rings is 1. The van der Waals surface area contributed by atoms with E-state index in [0.29, 0.717) is 21.7 Å². The smallest absolute Gasteiger partial charge is 0.332 e. The summed E-state index contributed by atoms with van der Waals surface area (Å²) in [4.78, 5) is 38.7. The highest BCUT2D eigenvalue weighted by Gasteiger charge is 2.27. The van der Waals surface area contributed by atoms with E-state index in [-0.39, 0.29) is 18.5 Å². The predicted octanol–water partition coefficient (Wildman–Crippen LogP) is 2.45. The van der Waals surface area contributed by atoms with Crippen LogP contribution < -0.4 is 11.2 Å². The number of hydrogen-bond donors (Lipinski definition) is 2. The molecular weight excluding hydrogens is 408 g/mol. The van der Waals surface area contributed by atoms with E-state index >= 15 is 0 Å². The number of aliphatic hydroxyl groups is 1. The Labute approximate surface area is 176 Å². The van der Waals surface area contributed by atoms with E-state index in [1.54, 1.807) is 13.8 Å². The van der Waals surface area contributed by atoms with Gasteiger partial charge < -0.3 is 14.9 Å². The van der Waals surface area contributed by atoms with Crippen LogP contribution in [-0.4, -0.2) is 31.9 Å². The van der Waals surface area contributed by atoms with Crippen LogP contribution in [0.25, 0.3) is 10.2 Å². The lowest BCUT2D eigenvalue weighted by Crippen LogP contribution is -2.43. The summed E-state index contributed by atoms with van der Waals surface area (Å²) in [5, 5.41) is 20.0. The van der Waals surface area contributed by atoms with Crippen LogP contribution in [0.1, 0.15) is 42.2 Å². The molecule has 2 heterocycles. The summed E-state index contributed by atoms with van der Waals surface area (Å²) >= 11 is 1.12. The summed E-state index contributed by atoms with van der Waals surface area (Å²) < 4.78 is 7.46. The van der Waals surface area contributed by atoms with Crippen molar-refractivity contribution in [1.82, 2.24) is 9.13 Å². The van der Waals surface area contributed by atoms with E-state index in [9.17, 15) is 24.6 Å². The Morgan fingerprint density at radius 1 is 1.23 bits per heavy atom. The Morgan fingerprint density at radius 3 is 2.50 bits per heavy atom. The molecule has 30 heavy (non-hydrogen) atoms. The van der Waals surface area contributed by atoms with Crippen molar-refractivity contribution in [2.45, 2.75) is 46.1 Å². The second-order valence-electron chi connectivity index (χ2n) is 6.94. The third-order valence-corrected chi connectivity index (χ3v) is 6.39. The monoisotopic (exact) mass is 432 g/mol. The SMILES string of the molecule is CCOC(O)c1sc2c(c1C)c(=O)n([C@H](C)C(=O)O)c(=O)n2CCc1ccccc1. The molecule has 2 aromatic heterocycles. The number of rotatable bonds is 8. The second kappa shape index (κ2) is 8.95. The highest BCUT2D eigenvalue weighted by Crippen LogP contribution is 2.33. The number of ether oxygens (including phenoxy) is 1. The maximum Gasteiger partial charge on any atom is 0.332 e. The van der Waals surface area contributed by atoms with Crippen LogP contribution in [-0.2, 0) is 22.5 Å². The Bertz CT molecular complexity index is 1180. The van der Waals surface area contributed by atoms with Crippen LogP contribution in [0.2, 0.25) is 0 Å². The van der Waals surface area contributed by atoms with Crippen molar-refractivity contribution in [2.75, 3.05) is 6.61 Å². The number of fused-ring (bicyclic) bond motifs is 1. The fourth-order valence-electron chi connectivity index (χ4n) is 3.39. The van der Waals surface area contributed by atoms with Gasteiger partial charge in [-0.25, -0.2) is 14.2 Å². The Balaban J connectivity index is 2.25. The topological polar surface area (TPSA) is 111 Å². The largest absolute Gasteiger partial charge is 0.480 e. The lowest BCUT2D eigenvalue weighted by atomic mass is 10.1. The molecule has 0 saturated heterocycles. The molecule has 0 aliphatic rings. The third-order valence-electron chi connectivity index (χ3n) is 5.04. The molecule has 0 bridgehead atoms. The van der Waals surface area contributed by atoms with Crippen LogP contribution in [0.3, 0.4) is 0 Å². The molecule has 0 aliphatic heterocycles. The average molecular weight is 432 g/mol. The minimum absolute atomic E-state index is 0.231. The Hall–Kier alpha value is -2.75. The van der Waals surface area contributed by atoms with Crippen LogP contribution in [0.5, 0.6) is 0 Å². The fraction of sp³-hybridized carbons (Fsp3) is 0.381. The molecule has 1 aromatic carbocycles. The van der Waals surface area contributed by atoms with Crippen LogP contribution in [0.15, 0.2) is 39.9 Å². The number of aliphatic carboxylic acids is 1. The summed E-state index contributed by atoms with van der Waals surface area (Å²) in [6, 6.07) is 8.23. The molecular formula is C21H24N2O6S. The number of carbonyl (C=O) groups is 1. The summed E-state index contributed by atoms with van der Waals surface area (Å²) in [7, 11) is 0. The third kappa shape index (κ3) is 3.96. The molecule has 0 amide bonds. The van der Waals surface area contributed by atoms with Crippen LogP contribution in [0, 0.1) is 6.92 Å². The number of carboxylic acid groups (broad SMARTS) is 1. The van der Waals surface area contributed by atoms with Gasteiger partial charge in [0.25, 0.3) is 5.56 Å². The van der Waals surface area contributed by atoms with E-state index in [2.05, 4.69) is 0 Å². The Morgan fingerprint density at radius 2 is 1.90 bits per heavy atom. The van der Waals surface area contributed by atoms with Gasteiger partial charge in [0.15, 0.2) is 6.29 Å². The number of aliphatic hydroxyl groups excluding tert-OH is 1. The summed E-state index contributed by atoms with van der Waals surface area (Å²) in [5.41, 5.74) is 0.131. The molecule has 0 radical (unpaired) electrons. The zero-order valence-corrected chi connectivity index (χ0v) is 17.8. The maximum atomic E-state index is 13.2. The minimum Gasteiger partial charge on any atom is -0.480 e. The summed E-state index contributed by atoms with van der Waals surface area (Å²) in [6.45, 7) is 5.24. The van der Waals surface area contributed by atoms with Gasteiger partial charge in [0.1, 0.15) is 10.9 Å². The van der Waals surface area contributed by atoms with Crippen molar-refractivity contribution < 1.29 is 19.7 Å². The molecule has 0 aliphatic carbocycles. The average Bonchev–Trinajstić information content (AvgIpc) is 3.06. The lowest BCUT2D eigenvalue weighted by molar-refractivity contribution is -0.140. The van der Waals surface area contributed by atoms with Gasteiger partial charge in [-0.1, -0.05) is 30.3 Å². The van der Waals surface area contributed by atoms with Crippen molar-refractivity contribution in [3.63, 3.8) is 0 Å². The number of hydrogen-bond acceptors (Lipinski definition) is 6. The van der Waals surface area contributed by atoms with Crippen molar-refractivity contribution in [1.29, 1.82) is 0 Å². The van der Waals surface area contributed by atoms with Gasteiger partial charge in [-0.3, -0.25) is 9.36 Å². The van der Waals surface area contributed by atoms with Gasteiger partial charge in [0.05, 0.1) is 10.3 Å². The van der Waals surface area contributed by atoms with Crippen molar-refractivity contribution in [3.05, 3.63) is 67.2 Å². The molecule has 3 aromatic rings. The van der Waals surface area contributed by atoms with E-state index in [1.807, 2.05) is 30.3 Å². The first-order valence-electron chi connectivity index (χ1n) is 9.62. The second-order valence-corrected chi connectivity index (χ2v) is 7.97. The zero-order valence-electron chi connectivity index (χ0n) is 17.0. The van der Waals surface area contributed by atoms with Gasteiger partial charge in [0.2, 0.25) is 0 Å². The number of aryl methyl sites for hydroxylation is 3. The summed E-state index contributed by atoms with van der Waals surface area (Å²) in [5.74, 6) is -1.27. The maximum absolute atomic E-state index is 13.2. The number of aromatic nitrogens is 2. The highest BCUT2D eigenvalue weighted by atomic mass is 32.1. The number of carboxylic acids is 1. The van der Waals surface area contributed by atoms with Crippen molar-refractivity contribution in [3.8, 4) is 0 Å². The molecule has 0 fully saturated rings. The molecule has 2 atom stereocenters. The van der Waals surface area contributed by atoms with Gasteiger partial charge in [-0.05, 0) is 38.3 Å². The molecule has 1 unspecified atom stereocenters. The summed E-state index contributed by atoms with van der Waals surface area (Å²) in [6.07, 6.45) is -0.703. The van der Waals surface area contributed by atoms with Gasteiger partial charge >= 0.3 is 11.7 Å². The van der Waals surface area contributed by atoms with E-state index in [0.717, 1.165) is 21.5 Å². The van der Waals surface area contributed by atoms with Gasteiger partial charge in [0, 0.05) is 13.2 Å². The molecule has 9 heteroatoms. The van der Waals surface area contributed by atoms with Gasteiger partial charge in [-0.15, -0.1) is 11.3 Å². The van der Waals surface area contributed by atoms with E-state index in [4.69, 9.17) is 4.74 Å². The lowest BCUT2D eigenvalue weighted by Gasteiger charge is -2.15. The quantitative estimate of drug-likeness (QED) is 0.529. The van der Waals surface area contributed by atoms with Crippen LogP contribution >= 0.6 is 11.3 Å². The first-order chi connectivity index (χ1) is 14.3. The molecule has 2 N–H and O–H groups in total. The number of benzene rings is 1. The minimum atomic E-state index is -1.32. The molecule has 8 nitrogen and oxygen atoms in total. The van der Waals surface area contributed by atoms with E-state index < -0.39 is 29.6 Å². The first kappa shape index (κ1) is 21.9. The molecule has 3 rings (SSSR count). The molecule has 0 saturated carbocycles. The van der Waals surface area contributed by atoms with Crippen molar-refractivity contribution in [2.24, 2.45) is 0 Å². The number of nitrogens with zero attached hydrogens (tertiary/aromatic N) is 2. The van der Waals surface area contributed by atoms with Crippen LogP contribution in [0.4, 0.5) is 0 Å². The Kier molecular flexibility index (Phi) is 6.55. The molecule has 160 valence electrons. The first-order valence-corrected chi connectivity index (χ1v) is 10.4. The van der Waals surface area contributed by atoms with E-state index in [1.165, 1.54) is 11.5 Å². The van der Waals surface area contributed by atoms with Gasteiger partial charge in [-0.2, -0.15) is 0 Å². The standard InChI is InChI=1S/C21H24N2O6S/c1-4-29-20(27)16-12(2)15-17(24)23(13(3)19(25)26)21(28)22(18(15)30-16)11-10-14-8-6-5-7-9-14/h5-9,13,20,27H,4,10-11H2,1-3H3,(H,25,26)/t13-,20?/m1/s1.